The predicted molar refractivity (Wildman–Crippen MR) is 101 cm³/mol. The molecule has 0 saturated heterocycles. The van der Waals surface area contributed by atoms with Crippen LogP contribution in [0.15, 0.2) is 41.5 Å². The van der Waals surface area contributed by atoms with Crippen molar-refractivity contribution in [3.05, 3.63) is 58.7 Å². The third-order valence-corrected chi connectivity index (χ3v) is 6.23. The molecule has 124 valence electrons. The Hall–Kier alpha value is -2.10. The van der Waals surface area contributed by atoms with Crippen LogP contribution in [0.3, 0.4) is 0 Å². The predicted octanol–water partition coefficient (Wildman–Crippen LogP) is 3.29. The Morgan fingerprint density at radius 3 is 2.67 bits per heavy atom. The van der Waals surface area contributed by atoms with Crippen molar-refractivity contribution in [3.8, 4) is 0 Å². The third-order valence-electron chi connectivity index (χ3n) is 3.98. The third kappa shape index (κ3) is 3.86. The molecule has 0 aromatic heterocycles. The fourth-order valence-corrected chi connectivity index (χ4v) is 4.77. The zero-order valence-corrected chi connectivity index (χ0v) is 15.9. The molecule has 0 fully saturated rings. The van der Waals surface area contributed by atoms with Crippen molar-refractivity contribution in [2.75, 3.05) is 5.32 Å². The normalized spacial score (nSPS) is 15.0. The van der Waals surface area contributed by atoms with E-state index in [1.54, 1.807) is 0 Å². The summed E-state index contributed by atoms with van der Waals surface area (Å²) in [6.45, 7) is 6.06. The van der Waals surface area contributed by atoms with Crippen LogP contribution in [-0.2, 0) is 0 Å². The van der Waals surface area contributed by atoms with Gasteiger partial charge in [-0.1, -0.05) is 0 Å². The number of carbonyl (C=O) groups excluding carboxylic acids is 1. The fraction of sp³-hybridized carbons (Fsp3) is 0.263. The first-order valence-corrected chi connectivity index (χ1v) is 10.0. The van der Waals surface area contributed by atoms with Gasteiger partial charge < -0.3 is 0 Å². The Bertz CT molecular complexity index is 814. The molecule has 0 spiro atoms. The monoisotopic (exact) mass is 387 g/mol. The molecule has 2 aromatic carbocycles. The van der Waals surface area contributed by atoms with Crippen molar-refractivity contribution in [1.29, 1.82) is 0 Å². The number of hydrazone groups is 1. The van der Waals surface area contributed by atoms with E-state index in [0.29, 0.717) is 15.0 Å². The van der Waals surface area contributed by atoms with Crippen LogP contribution in [-0.4, -0.2) is 26.7 Å². The Morgan fingerprint density at radius 2 is 1.83 bits per heavy atom. The summed E-state index contributed by atoms with van der Waals surface area (Å²) in [4.78, 5) is 12.2. The summed E-state index contributed by atoms with van der Waals surface area (Å²) in [5, 5.41) is 8.38. The van der Waals surface area contributed by atoms with E-state index in [1.807, 2.05) is 32.0 Å². The molecule has 24 heavy (non-hydrogen) atoms. The van der Waals surface area contributed by atoms with E-state index in [2.05, 4.69) is 41.0 Å². The summed E-state index contributed by atoms with van der Waals surface area (Å²) in [5.41, 5.74) is 8.99. The molecule has 2 aromatic rings. The molecule has 0 aliphatic carbocycles. The number of amides is 2. The van der Waals surface area contributed by atoms with Crippen LogP contribution in [0.4, 0.5) is 10.5 Å². The number of fused-ring (bicyclic) bond motifs is 1. The SMILES string of the molecule is Cc1ccc(C)c(NC(=O)N/N=C2\CC[Se]c3ccc(C)cc32)c1. The van der Waals surface area contributed by atoms with E-state index in [9.17, 15) is 4.79 Å². The second-order valence-corrected chi connectivity index (χ2v) is 8.43. The van der Waals surface area contributed by atoms with E-state index in [4.69, 9.17) is 0 Å². The molecule has 0 unspecified atom stereocenters. The first-order valence-electron chi connectivity index (χ1n) is 7.97. The van der Waals surface area contributed by atoms with Crippen molar-refractivity contribution in [3.63, 3.8) is 0 Å². The van der Waals surface area contributed by atoms with Gasteiger partial charge in [0.05, 0.1) is 0 Å². The van der Waals surface area contributed by atoms with Crippen molar-refractivity contribution in [1.82, 2.24) is 5.43 Å². The van der Waals surface area contributed by atoms with Gasteiger partial charge >= 0.3 is 149 Å². The second-order valence-electron chi connectivity index (χ2n) is 6.04. The number of rotatable bonds is 2. The molecule has 1 heterocycles. The minimum atomic E-state index is -0.304. The van der Waals surface area contributed by atoms with Gasteiger partial charge in [-0.15, -0.1) is 0 Å². The summed E-state index contributed by atoms with van der Waals surface area (Å²) in [6, 6.07) is 12.2. The Labute approximate surface area is 148 Å². The maximum atomic E-state index is 12.2. The first kappa shape index (κ1) is 16.7. The molecular formula is C19H21N3OSe. The average Bonchev–Trinajstić information content (AvgIpc) is 2.56. The van der Waals surface area contributed by atoms with Crippen LogP contribution >= 0.6 is 0 Å². The number of anilines is 1. The first-order chi connectivity index (χ1) is 11.5. The van der Waals surface area contributed by atoms with Crippen LogP contribution in [0.2, 0.25) is 5.32 Å². The maximum absolute atomic E-state index is 12.2. The molecular weight excluding hydrogens is 365 g/mol. The van der Waals surface area contributed by atoms with Gasteiger partial charge in [-0.05, 0) is 0 Å². The number of aryl methyl sites for hydroxylation is 3. The van der Waals surface area contributed by atoms with Crippen molar-refractivity contribution >= 4 is 36.8 Å². The molecule has 1 aliphatic heterocycles. The number of carbonyl (C=O) groups is 1. The van der Waals surface area contributed by atoms with Crippen molar-refractivity contribution in [2.24, 2.45) is 5.10 Å². The van der Waals surface area contributed by atoms with Crippen LogP contribution in [0.5, 0.6) is 0 Å². The Kier molecular flexibility index (Phi) is 5.03. The van der Waals surface area contributed by atoms with Gasteiger partial charge in [0.15, 0.2) is 0 Å². The molecule has 1 aliphatic rings. The molecule has 0 radical (unpaired) electrons. The standard InChI is InChI=1S/C19H21N3OSe/c1-12-5-7-18-15(10-12)16(8-9-24-18)21-22-19(23)20-17-11-13(2)4-6-14(17)3/h4-7,10-11H,8-9H2,1-3H3,(H2,20,22,23)/b21-16+. The summed E-state index contributed by atoms with van der Waals surface area (Å²) in [7, 11) is 0. The van der Waals surface area contributed by atoms with Gasteiger partial charge in [0, 0.05) is 0 Å². The molecule has 5 heteroatoms. The van der Waals surface area contributed by atoms with E-state index in [0.717, 1.165) is 34.3 Å². The number of urea groups is 1. The molecule has 3 rings (SSSR count). The Morgan fingerprint density at radius 1 is 1.08 bits per heavy atom. The zero-order valence-electron chi connectivity index (χ0n) is 14.1. The molecule has 2 amide bonds. The van der Waals surface area contributed by atoms with E-state index >= 15 is 0 Å². The number of nitrogens with zero attached hydrogens (tertiary/aromatic N) is 1. The van der Waals surface area contributed by atoms with E-state index < -0.39 is 0 Å². The Balaban J connectivity index is 1.73. The summed E-state index contributed by atoms with van der Waals surface area (Å²) in [6.07, 6.45) is 0.917. The van der Waals surface area contributed by atoms with Gasteiger partial charge in [-0.2, -0.15) is 0 Å². The molecule has 0 bridgehead atoms. The van der Waals surface area contributed by atoms with Crippen molar-refractivity contribution in [2.45, 2.75) is 32.5 Å². The van der Waals surface area contributed by atoms with Crippen LogP contribution < -0.4 is 15.2 Å². The van der Waals surface area contributed by atoms with Gasteiger partial charge in [0.1, 0.15) is 0 Å². The van der Waals surface area contributed by atoms with Crippen LogP contribution in [0.25, 0.3) is 0 Å². The summed E-state index contributed by atoms with van der Waals surface area (Å²) < 4.78 is 1.37. The molecule has 0 atom stereocenters. The average molecular weight is 386 g/mol. The van der Waals surface area contributed by atoms with Gasteiger partial charge in [0.2, 0.25) is 0 Å². The molecule has 0 saturated carbocycles. The van der Waals surface area contributed by atoms with E-state index in [-0.39, 0.29) is 6.03 Å². The van der Waals surface area contributed by atoms with Crippen LogP contribution in [0, 0.1) is 20.8 Å². The zero-order chi connectivity index (χ0) is 17.1. The number of nitrogens with one attached hydrogen (secondary N) is 2. The quantitative estimate of drug-likeness (QED) is 0.604. The molecule has 4 nitrogen and oxygen atoms in total. The van der Waals surface area contributed by atoms with Gasteiger partial charge in [-0.25, -0.2) is 0 Å². The summed E-state index contributed by atoms with van der Waals surface area (Å²) in [5.74, 6) is 0. The molecule has 2 N–H and O–H groups in total. The van der Waals surface area contributed by atoms with Gasteiger partial charge in [0.25, 0.3) is 0 Å². The van der Waals surface area contributed by atoms with Crippen LogP contribution in [0.1, 0.15) is 28.7 Å². The second kappa shape index (κ2) is 7.20. The number of hydrogen-bond donors (Lipinski definition) is 2. The van der Waals surface area contributed by atoms with E-state index in [1.165, 1.54) is 15.6 Å². The van der Waals surface area contributed by atoms with Gasteiger partial charge in [-0.3, -0.25) is 0 Å². The number of benzene rings is 2. The topological polar surface area (TPSA) is 53.5 Å². The summed E-state index contributed by atoms with van der Waals surface area (Å²) >= 11 is 0.503. The fourth-order valence-electron chi connectivity index (χ4n) is 2.64. The minimum absolute atomic E-state index is 0.304. The van der Waals surface area contributed by atoms with Crippen molar-refractivity contribution < 1.29 is 4.79 Å². The number of hydrogen-bond acceptors (Lipinski definition) is 2.